The van der Waals surface area contributed by atoms with Crippen LogP contribution >= 0.6 is 0 Å². The molecule has 43 heavy (non-hydrogen) atoms. The van der Waals surface area contributed by atoms with Gasteiger partial charge in [-0.05, 0) is 30.7 Å². The van der Waals surface area contributed by atoms with Crippen LogP contribution in [0.15, 0.2) is 48.8 Å². The fourth-order valence-electron chi connectivity index (χ4n) is 4.65. The Morgan fingerprint density at radius 2 is 2.02 bits per heavy atom. The quantitative estimate of drug-likeness (QED) is 0.150. The number of amides is 1. The first-order chi connectivity index (χ1) is 21.0. The molecule has 228 valence electrons. The molecule has 0 spiro atoms. The van der Waals surface area contributed by atoms with Crippen LogP contribution in [0.25, 0.3) is 10.9 Å². The molecular weight excluding hydrogens is 561 g/mol. The number of H-pyrrole nitrogens is 1. The van der Waals surface area contributed by atoms with Gasteiger partial charge in [-0.25, -0.2) is 14.4 Å². The number of aromatic amines is 1. The molecule has 1 aliphatic heterocycles. The predicted octanol–water partition coefficient (Wildman–Crippen LogP) is 2.86. The van der Waals surface area contributed by atoms with Gasteiger partial charge >= 0.3 is 0 Å². The lowest BCUT2D eigenvalue weighted by atomic mass is 10.2. The third-order valence-corrected chi connectivity index (χ3v) is 6.65. The first kappa shape index (κ1) is 30.1. The van der Waals surface area contributed by atoms with Crippen molar-refractivity contribution in [3.63, 3.8) is 0 Å². The Hall–Kier alpha value is -4.37. The van der Waals surface area contributed by atoms with Crippen LogP contribution in [0.3, 0.4) is 0 Å². The highest BCUT2D eigenvalue weighted by molar-refractivity contribution is 5.93. The van der Waals surface area contributed by atoms with E-state index in [0.717, 1.165) is 0 Å². The Kier molecular flexibility index (Phi) is 10.3. The SMILES string of the molecule is COc1cc2c(Nc3cc(CC(=O)Nc4cccc(F)c4)[nH]n3)ncnc2cc1OCCCN(CCO)CC1OCCO1. The normalized spacial score (nSPS) is 13.5. The topological polar surface area (TPSA) is 156 Å². The Labute approximate surface area is 247 Å². The monoisotopic (exact) mass is 595 g/mol. The van der Waals surface area contributed by atoms with Crippen LogP contribution in [-0.4, -0.2) is 95.5 Å². The van der Waals surface area contributed by atoms with E-state index in [-0.39, 0.29) is 25.2 Å². The zero-order valence-corrected chi connectivity index (χ0v) is 23.7. The van der Waals surface area contributed by atoms with E-state index in [4.69, 9.17) is 18.9 Å². The number of benzene rings is 2. The van der Waals surface area contributed by atoms with E-state index < -0.39 is 5.82 Å². The third kappa shape index (κ3) is 8.35. The summed E-state index contributed by atoms with van der Waals surface area (Å²) in [6.07, 6.45) is 1.90. The summed E-state index contributed by atoms with van der Waals surface area (Å²) in [6, 6.07) is 11.0. The van der Waals surface area contributed by atoms with Gasteiger partial charge in [0.2, 0.25) is 5.91 Å². The molecule has 5 rings (SSSR count). The van der Waals surface area contributed by atoms with Crippen LogP contribution in [0.1, 0.15) is 12.1 Å². The number of hydrogen-bond donors (Lipinski definition) is 4. The molecule has 14 heteroatoms. The highest BCUT2D eigenvalue weighted by Gasteiger charge is 2.20. The number of aromatic nitrogens is 4. The molecule has 1 fully saturated rings. The Morgan fingerprint density at radius 3 is 2.81 bits per heavy atom. The van der Waals surface area contributed by atoms with Gasteiger partial charge in [0, 0.05) is 48.5 Å². The number of nitrogens with zero attached hydrogens (tertiary/aromatic N) is 4. The average Bonchev–Trinajstić information content (AvgIpc) is 3.67. The number of rotatable bonds is 15. The number of carbonyl (C=O) groups is 1. The van der Waals surface area contributed by atoms with Gasteiger partial charge in [0.05, 0.1) is 45.5 Å². The van der Waals surface area contributed by atoms with E-state index in [2.05, 4.69) is 35.7 Å². The Balaban J connectivity index is 1.19. The predicted molar refractivity (Wildman–Crippen MR) is 156 cm³/mol. The van der Waals surface area contributed by atoms with Crippen LogP contribution in [0.2, 0.25) is 0 Å². The van der Waals surface area contributed by atoms with Crippen molar-refractivity contribution in [3.05, 3.63) is 60.3 Å². The van der Waals surface area contributed by atoms with Gasteiger partial charge < -0.3 is 34.7 Å². The van der Waals surface area contributed by atoms with Crippen molar-refractivity contribution >= 4 is 34.1 Å². The van der Waals surface area contributed by atoms with E-state index in [9.17, 15) is 14.3 Å². The Morgan fingerprint density at radius 1 is 1.16 bits per heavy atom. The van der Waals surface area contributed by atoms with Crippen molar-refractivity contribution in [1.29, 1.82) is 0 Å². The first-order valence-corrected chi connectivity index (χ1v) is 13.9. The molecule has 0 unspecified atom stereocenters. The number of halogens is 1. The van der Waals surface area contributed by atoms with Crippen molar-refractivity contribution in [2.75, 3.05) is 63.8 Å². The van der Waals surface area contributed by atoms with Gasteiger partial charge in [0.15, 0.2) is 23.6 Å². The zero-order chi connectivity index (χ0) is 30.0. The summed E-state index contributed by atoms with van der Waals surface area (Å²) in [5.41, 5.74) is 1.57. The van der Waals surface area contributed by atoms with Gasteiger partial charge in [-0.2, -0.15) is 5.10 Å². The number of fused-ring (bicyclic) bond motifs is 1. The largest absolute Gasteiger partial charge is 0.493 e. The molecule has 2 aromatic carbocycles. The molecule has 4 N–H and O–H groups in total. The minimum Gasteiger partial charge on any atom is -0.493 e. The second-order valence-corrected chi connectivity index (χ2v) is 9.78. The maximum absolute atomic E-state index is 13.4. The summed E-state index contributed by atoms with van der Waals surface area (Å²) in [5.74, 6) is 1.26. The van der Waals surface area contributed by atoms with Crippen LogP contribution in [0, 0.1) is 5.82 Å². The van der Waals surface area contributed by atoms with Gasteiger partial charge in [-0.1, -0.05) is 6.07 Å². The number of aliphatic hydroxyl groups is 1. The highest BCUT2D eigenvalue weighted by atomic mass is 19.1. The molecule has 0 aliphatic carbocycles. The molecule has 1 saturated heterocycles. The highest BCUT2D eigenvalue weighted by Crippen LogP contribution is 2.34. The molecule has 0 atom stereocenters. The summed E-state index contributed by atoms with van der Waals surface area (Å²) in [4.78, 5) is 23.2. The Bertz CT molecular complexity index is 1510. The molecule has 0 saturated carbocycles. The minimum atomic E-state index is -0.430. The number of ether oxygens (including phenoxy) is 4. The maximum atomic E-state index is 13.4. The molecule has 0 bridgehead atoms. The van der Waals surface area contributed by atoms with Gasteiger partial charge in [0.1, 0.15) is 18.0 Å². The number of nitrogens with one attached hydrogen (secondary N) is 3. The van der Waals surface area contributed by atoms with E-state index in [1.165, 1.54) is 24.5 Å². The van der Waals surface area contributed by atoms with E-state index in [1.807, 2.05) is 0 Å². The summed E-state index contributed by atoms with van der Waals surface area (Å²) in [5, 5.41) is 23.0. The minimum absolute atomic E-state index is 0.0180. The lowest BCUT2D eigenvalue weighted by Crippen LogP contribution is -2.36. The molecule has 3 heterocycles. The van der Waals surface area contributed by atoms with E-state index in [1.54, 1.807) is 31.4 Å². The molecule has 2 aromatic heterocycles. The zero-order valence-electron chi connectivity index (χ0n) is 23.7. The van der Waals surface area contributed by atoms with Gasteiger partial charge in [0.25, 0.3) is 0 Å². The lowest BCUT2D eigenvalue weighted by Gasteiger charge is -2.23. The van der Waals surface area contributed by atoms with E-state index in [0.29, 0.717) is 91.3 Å². The van der Waals surface area contributed by atoms with Crippen molar-refractivity contribution < 1.29 is 33.2 Å². The first-order valence-electron chi connectivity index (χ1n) is 13.9. The lowest BCUT2D eigenvalue weighted by molar-refractivity contribution is -0.115. The van der Waals surface area contributed by atoms with Crippen LogP contribution in [0.5, 0.6) is 11.5 Å². The fraction of sp³-hybridized carbons (Fsp3) is 0.379. The van der Waals surface area contributed by atoms with Crippen LogP contribution < -0.4 is 20.1 Å². The van der Waals surface area contributed by atoms with Crippen LogP contribution in [0.4, 0.5) is 21.7 Å². The van der Waals surface area contributed by atoms with Crippen molar-refractivity contribution in [2.45, 2.75) is 19.1 Å². The standard InChI is InChI=1S/C29H34FN7O6/c1-40-24-15-22-23(16-25(24)41-9-3-6-37(7-8-38)17-28-42-10-11-43-28)31-18-32-29(22)34-26-13-21(35-36-26)14-27(39)33-20-5-2-4-19(30)12-20/h2,4-5,12-13,15-16,18,28,38H,3,6-11,14,17H2,1H3,(H,33,39)(H2,31,32,34,35,36). The summed E-state index contributed by atoms with van der Waals surface area (Å²) < 4.78 is 36.1. The number of hydrogen-bond acceptors (Lipinski definition) is 11. The molecular formula is C29H34FN7O6. The summed E-state index contributed by atoms with van der Waals surface area (Å²) in [7, 11) is 1.56. The second-order valence-electron chi connectivity index (χ2n) is 9.78. The molecule has 4 aromatic rings. The molecule has 1 amide bonds. The van der Waals surface area contributed by atoms with Gasteiger partial charge in [-0.15, -0.1) is 0 Å². The van der Waals surface area contributed by atoms with E-state index >= 15 is 0 Å². The van der Waals surface area contributed by atoms with Crippen LogP contribution in [-0.2, 0) is 20.7 Å². The number of aliphatic hydroxyl groups excluding tert-OH is 1. The fourth-order valence-corrected chi connectivity index (χ4v) is 4.65. The second kappa shape index (κ2) is 14.7. The average molecular weight is 596 g/mol. The molecule has 0 radical (unpaired) electrons. The third-order valence-electron chi connectivity index (χ3n) is 6.65. The molecule has 13 nitrogen and oxygen atoms in total. The number of carbonyl (C=O) groups excluding carboxylic acids is 1. The number of anilines is 3. The summed E-state index contributed by atoms with van der Waals surface area (Å²) >= 11 is 0. The number of methoxy groups -OCH3 is 1. The van der Waals surface area contributed by atoms with Crippen molar-refractivity contribution in [2.24, 2.45) is 0 Å². The smallest absolute Gasteiger partial charge is 0.230 e. The molecule has 1 aliphatic rings. The van der Waals surface area contributed by atoms with Crippen molar-refractivity contribution in [3.8, 4) is 11.5 Å². The van der Waals surface area contributed by atoms with Crippen molar-refractivity contribution in [1.82, 2.24) is 25.1 Å². The summed E-state index contributed by atoms with van der Waals surface area (Å²) in [6.45, 7) is 3.46. The van der Waals surface area contributed by atoms with Gasteiger partial charge in [-0.3, -0.25) is 14.8 Å². The maximum Gasteiger partial charge on any atom is 0.230 e.